The summed E-state index contributed by atoms with van der Waals surface area (Å²) >= 11 is 0. The van der Waals surface area contributed by atoms with Gasteiger partial charge in [-0.05, 0) is 24.3 Å². The molecule has 2 aromatic carbocycles. The van der Waals surface area contributed by atoms with Crippen molar-refractivity contribution in [2.24, 2.45) is 0 Å². The van der Waals surface area contributed by atoms with Gasteiger partial charge < -0.3 is 25.5 Å². The van der Waals surface area contributed by atoms with Crippen molar-refractivity contribution in [2.45, 2.75) is 0 Å². The Kier molecular flexibility index (Phi) is 3.82. The lowest BCUT2D eigenvalue weighted by Crippen LogP contribution is -1.99. The first-order chi connectivity index (χ1) is 11.8. The molecule has 0 radical (unpaired) electrons. The van der Waals surface area contributed by atoms with Crippen molar-refractivity contribution >= 4 is 5.97 Å². The molecule has 5 N–H and O–H groups in total. The van der Waals surface area contributed by atoms with Crippen molar-refractivity contribution in [1.82, 2.24) is 15.0 Å². The summed E-state index contributed by atoms with van der Waals surface area (Å²) in [5.41, 5.74) is -0.170. The van der Waals surface area contributed by atoms with E-state index in [4.69, 9.17) is 5.11 Å². The highest BCUT2D eigenvalue weighted by molar-refractivity contribution is 5.92. The molecule has 3 aromatic rings. The number of rotatable bonds is 3. The molecule has 0 unspecified atom stereocenters. The summed E-state index contributed by atoms with van der Waals surface area (Å²) in [6, 6.07) is 5.70. The van der Waals surface area contributed by atoms with Gasteiger partial charge in [0.1, 0.15) is 34.9 Å². The molecule has 1 heterocycles. The van der Waals surface area contributed by atoms with Gasteiger partial charge in [0.15, 0.2) is 11.6 Å². The van der Waals surface area contributed by atoms with Crippen LogP contribution < -0.4 is 0 Å². The average Bonchev–Trinajstić information content (AvgIpc) is 2.55. The second-order valence-corrected chi connectivity index (χ2v) is 5.06. The third-order valence-electron chi connectivity index (χ3n) is 3.32. The van der Waals surface area contributed by atoms with Crippen LogP contribution in [-0.2, 0) is 0 Å². The van der Waals surface area contributed by atoms with E-state index in [0.717, 1.165) is 24.5 Å². The molecule has 9 heteroatoms. The minimum absolute atomic E-state index is 0.00414. The maximum atomic E-state index is 11.0. The topological polar surface area (TPSA) is 157 Å². The molecule has 0 spiro atoms. The van der Waals surface area contributed by atoms with Crippen molar-refractivity contribution < 1.29 is 30.3 Å². The first-order valence-electron chi connectivity index (χ1n) is 6.87. The smallest absolute Gasteiger partial charge is 0.339 e. The molecule has 0 aliphatic carbocycles. The van der Waals surface area contributed by atoms with Crippen LogP contribution >= 0.6 is 0 Å². The van der Waals surface area contributed by atoms with E-state index >= 15 is 0 Å². The largest absolute Gasteiger partial charge is 0.508 e. The Hall–Kier alpha value is -3.88. The van der Waals surface area contributed by atoms with Gasteiger partial charge in [0.2, 0.25) is 0 Å². The van der Waals surface area contributed by atoms with Crippen LogP contribution in [0.1, 0.15) is 10.4 Å². The number of aromatic carboxylic acids is 1. The minimum Gasteiger partial charge on any atom is -0.508 e. The number of phenolic OH excluding ortho intramolecular Hbond substituents is 3. The molecule has 126 valence electrons. The predicted octanol–water partition coefficient (Wildman–Crippen LogP) is 1.73. The number of aromatic nitrogens is 3. The van der Waals surface area contributed by atoms with Gasteiger partial charge in [-0.2, -0.15) is 0 Å². The molecule has 0 saturated heterocycles. The minimum atomic E-state index is -1.40. The summed E-state index contributed by atoms with van der Waals surface area (Å²) in [6.45, 7) is 0. The number of phenols is 4. The van der Waals surface area contributed by atoms with Crippen molar-refractivity contribution in [3.63, 3.8) is 0 Å². The lowest BCUT2D eigenvalue weighted by atomic mass is 10.1. The number of hydrogen-bond acceptors (Lipinski definition) is 8. The Morgan fingerprint density at radius 2 is 1.44 bits per heavy atom. The molecule has 0 fully saturated rings. The van der Waals surface area contributed by atoms with E-state index in [0.29, 0.717) is 5.56 Å². The van der Waals surface area contributed by atoms with E-state index in [9.17, 15) is 25.2 Å². The number of carboxylic acids is 1. The average molecular weight is 341 g/mol. The first-order valence-corrected chi connectivity index (χ1v) is 6.87. The molecule has 9 nitrogen and oxygen atoms in total. The number of aromatic hydroxyl groups is 4. The Balaban J connectivity index is 2.11. The molecule has 0 atom stereocenters. The fraction of sp³-hybridized carbons (Fsp3) is 0. The Morgan fingerprint density at radius 1 is 0.800 bits per heavy atom. The van der Waals surface area contributed by atoms with Crippen molar-refractivity contribution in [3.05, 3.63) is 42.2 Å². The molecule has 1 aromatic heterocycles. The zero-order valence-electron chi connectivity index (χ0n) is 12.5. The zero-order valence-corrected chi connectivity index (χ0v) is 12.5. The van der Waals surface area contributed by atoms with E-state index in [1.807, 2.05) is 0 Å². The third kappa shape index (κ3) is 3.11. The molecule has 0 bridgehead atoms. The highest BCUT2D eigenvalue weighted by Gasteiger charge is 2.17. The van der Waals surface area contributed by atoms with Crippen molar-refractivity contribution in [1.29, 1.82) is 0 Å². The highest BCUT2D eigenvalue weighted by Crippen LogP contribution is 2.34. The summed E-state index contributed by atoms with van der Waals surface area (Å²) in [6.07, 6.45) is 1.14. The van der Waals surface area contributed by atoms with Gasteiger partial charge in [-0.15, -0.1) is 0 Å². The van der Waals surface area contributed by atoms with Gasteiger partial charge in [0.25, 0.3) is 0 Å². The number of carbonyl (C=O) groups is 1. The maximum Gasteiger partial charge on any atom is 0.339 e. The van der Waals surface area contributed by atoms with Crippen LogP contribution in [0.4, 0.5) is 0 Å². The predicted molar refractivity (Wildman–Crippen MR) is 84.3 cm³/mol. The van der Waals surface area contributed by atoms with Gasteiger partial charge in [0, 0.05) is 11.6 Å². The molecule has 0 saturated carbocycles. The van der Waals surface area contributed by atoms with Crippen LogP contribution in [0.15, 0.2) is 36.7 Å². The van der Waals surface area contributed by atoms with Crippen LogP contribution in [0, 0.1) is 0 Å². The highest BCUT2D eigenvalue weighted by atomic mass is 16.4. The van der Waals surface area contributed by atoms with E-state index < -0.39 is 23.0 Å². The van der Waals surface area contributed by atoms with E-state index in [-0.39, 0.29) is 28.7 Å². The summed E-state index contributed by atoms with van der Waals surface area (Å²) in [5, 5.41) is 47.8. The molecule has 0 aliphatic rings. The summed E-state index contributed by atoms with van der Waals surface area (Å²) in [7, 11) is 0. The van der Waals surface area contributed by atoms with E-state index in [1.165, 1.54) is 12.1 Å². The van der Waals surface area contributed by atoms with Gasteiger partial charge in [-0.3, -0.25) is 0 Å². The standard InChI is InChI=1S/C16H11N3O6/c20-8-1-7(2-9(21)3-8)14-17-6-18-15(19-14)10-4-13(23)11(16(24)25)5-12(10)22/h1-6,20-23H,(H,24,25). The molecule has 0 amide bonds. The maximum absolute atomic E-state index is 11.0. The summed E-state index contributed by atoms with van der Waals surface area (Å²) < 4.78 is 0. The molecular formula is C16H11N3O6. The fourth-order valence-electron chi connectivity index (χ4n) is 2.22. The summed E-state index contributed by atoms with van der Waals surface area (Å²) in [5.74, 6) is -2.71. The Bertz CT molecular complexity index is 969. The van der Waals surface area contributed by atoms with Crippen LogP contribution in [0.3, 0.4) is 0 Å². The van der Waals surface area contributed by atoms with Crippen molar-refractivity contribution in [2.75, 3.05) is 0 Å². The molecule has 25 heavy (non-hydrogen) atoms. The monoisotopic (exact) mass is 341 g/mol. The number of hydrogen-bond donors (Lipinski definition) is 5. The van der Waals surface area contributed by atoms with E-state index in [1.54, 1.807) is 0 Å². The molecular weight excluding hydrogens is 330 g/mol. The second kappa shape index (κ2) is 5.96. The SMILES string of the molecule is O=C(O)c1cc(O)c(-c2ncnc(-c3cc(O)cc(O)c3)n2)cc1O. The lowest BCUT2D eigenvalue weighted by molar-refractivity contribution is 0.0693. The number of nitrogens with zero attached hydrogens (tertiary/aromatic N) is 3. The summed E-state index contributed by atoms with van der Waals surface area (Å²) in [4.78, 5) is 22.9. The Labute approximate surface area is 140 Å². The quantitative estimate of drug-likeness (QED) is 0.447. The van der Waals surface area contributed by atoms with Gasteiger partial charge in [-0.1, -0.05) is 0 Å². The van der Waals surface area contributed by atoms with Crippen LogP contribution in [0.25, 0.3) is 22.8 Å². The first kappa shape index (κ1) is 16.0. The van der Waals surface area contributed by atoms with Crippen molar-refractivity contribution in [3.8, 4) is 45.8 Å². The molecule has 3 rings (SSSR count). The van der Waals surface area contributed by atoms with Crippen LogP contribution in [0.2, 0.25) is 0 Å². The van der Waals surface area contributed by atoms with E-state index in [2.05, 4.69) is 15.0 Å². The lowest BCUT2D eigenvalue weighted by Gasteiger charge is -2.08. The fourth-order valence-corrected chi connectivity index (χ4v) is 2.22. The zero-order chi connectivity index (χ0) is 18.1. The third-order valence-corrected chi connectivity index (χ3v) is 3.32. The second-order valence-electron chi connectivity index (χ2n) is 5.06. The van der Waals surface area contributed by atoms with Crippen LogP contribution in [0.5, 0.6) is 23.0 Å². The Morgan fingerprint density at radius 3 is 2.08 bits per heavy atom. The van der Waals surface area contributed by atoms with Gasteiger partial charge in [0.05, 0.1) is 5.56 Å². The molecule has 0 aliphatic heterocycles. The van der Waals surface area contributed by atoms with Crippen LogP contribution in [-0.4, -0.2) is 46.5 Å². The normalized spacial score (nSPS) is 10.6. The van der Waals surface area contributed by atoms with Gasteiger partial charge in [-0.25, -0.2) is 19.7 Å². The van der Waals surface area contributed by atoms with Gasteiger partial charge >= 0.3 is 5.97 Å². The number of benzene rings is 2. The number of carboxylic acid groups (broad SMARTS) is 1.